The van der Waals surface area contributed by atoms with E-state index in [1.54, 1.807) is 41.7 Å². The van der Waals surface area contributed by atoms with Gasteiger partial charge in [0.05, 0.1) is 13.2 Å². The van der Waals surface area contributed by atoms with E-state index in [1.807, 2.05) is 106 Å². The second-order valence-electron chi connectivity index (χ2n) is 32.3. The molecule has 0 aliphatic heterocycles. The van der Waals surface area contributed by atoms with Crippen molar-refractivity contribution in [3.05, 3.63) is 530 Å². The first kappa shape index (κ1) is 112. The fraction of sp³-hybridized carbons (Fsp3) is 0.138. The number of unbranched alkanes of at least 4 members (excludes halogenated alkanes) is 3. The quantitative estimate of drug-likeness (QED) is 0.0296. The summed E-state index contributed by atoms with van der Waals surface area (Å²) in [7, 11) is -1.78. The normalized spacial score (nSPS) is 10.4. The maximum absolute atomic E-state index is 10.8. The van der Waals surface area contributed by atoms with Crippen molar-refractivity contribution in [1.29, 1.82) is 0 Å². The van der Waals surface area contributed by atoms with Crippen LogP contribution in [0.25, 0.3) is 22.3 Å². The third-order valence-corrected chi connectivity index (χ3v) is 49.4. The van der Waals surface area contributed by atoms with Gasteiger partial charge in [0.25, 0.3) is 0 Å². The number of nitrogens with zero attached hydrogens (tertiary/aromatic N) is 3. The summed E-state index contributed by atoms with van der Waals surface area (Å²) < 4.78 is 24.3. The molecule has 709 valence electrons. The standard InChI is InChI=1S/4C18H15P.C13H13NO.C13H11NO.C8H9BrO.C5H4N.3C4H9.Mn.2O.Pd.Sn/c4*1-4-10-16(11-5-1)19(17-12-6-2-7-13-17)18-14-8-3-9-15-18;2*1-10-12(9-15)3-2-4-13(10)11-5-7-14-8-6-11;1-6-7(5-10)3-2-4-8(6)9;1-2-4-6-5-3-1;3*1-3-4-2;;;;;/h4*1-15H;2-8,15H,9H2,1H3;2-9H,1H3;2-4,10H,5H2,1H3;2-5H;3*1,3-4H2,2H3;;;;;. The van der Waals surface area contributed by atoms with E-state index in [4.69, 9.17) is 12.8 Å². The molecule has 0 saturated carbocycles. The molecule has 0 spiro atoms. The average molecular weight is 2210 g/mol. The zero-order chi connectivity index (χ0) is 97.3. The Labute approximate surface area is 863 Å². The molecule has 18 aromatic rings. The van der Waals surface area contributed by atoms with Crippen LogP contribution in [0.4, 0.5) is 0 Å². The van der Waals surface area contributed by atoms with Gasteiger partial charge < -0.3 is 10.2 Å². The monoisotopic (exact) mass is 2210 g/mol. The summed E-state index contributed by atoms with van der Waals surface area (Å²) in [4.78, 5) is 23.0. The van der Waals surface area contributed by atoms with E-state index in [0.717, 1.165) is 66.4 Å². The van der Waals surface area contributed by atoms with Crippen molar-refractivity contribution in [2.75, 3.05) is 0 Å². The van der Waals surface area contributed by atoms with Crippen LogP contribution in [0.2, 0.25) is 13.3 Å². The molecule has 2 N–H and O–H groups in total. The van der Waals surface area contributed by atoms with Gasteiger partial charge in [-0.3, -0.25) is 14.8 Å². The van der Waals surface area contributed by atoms with E-state index in [9.17, 15) is 9.90 Å². The number of aliphatic hydroxyl groups excluding tert-OH is 2. The molecule has 139 heavy (non-hydrogen) atoms. The van der Waals surface area contributed by atoms with Crippen molar-refractivity contribution in [2.24, 2.45) is 0 Å². The van der Waals surface area contributed by atoms with Crippen molar-refractivity contribution in [1.82, 2.24) is 15.0 Å². The number of aliphatic hydroxyl groups is 2. The molecule has 0 amide bonds. The van der Waals surface area contributed by atoms with E-state index in [0.29, 0.717) is 0 Å². The van der Waals surface area contributed by atoms with Gasteiger partial charge in [-0.15, -0.1) is 0 Å². The number of rotatable bonds is 27. The molecule has 3 aromatic heterocycles. The second kappa shape index (κ2) is 65.2. The maximum Gasteiger partial charge on any atom is 0 e. The van der Waals surface area contributed by atoms with Crippen LogP contribution in [0.1, 0.15) is 97.5 Å². The van der Waals surface area contributed by atoms with Gasteiger partial charge >= 0.3 is 147 Å². The van der Waals surface area contributed by atoms with E-state index in [-0.39, 0.29) is 33.6 Å². The third kappa shape index (κ3) is 36.3. The molecule has 18 rings (SSSR count). The predicted octanol–water partition coefficient (Wildman–Crippen LogP) is 26.3. The Bertz CT molecular complexity index is 5530. The average Bonchev–Trinajstić information content (AvgIpc) is 0.826. The Balaban J connectivity index is 0.000000178. The third-order valence-electron chi connectivity index (χ3n) is 23.1. The summed E-state index contributed by atoms with van der Waals surface area (Å²) in [6.07, 6.45) is 20.3. The topological polar surface area (TPSA) is 130 Å². The number of aldehydes is 1. The zero-order valence-corrected chi connectivity index (χ0v) is 90.7. The molecule has 0 bridgehead atoms. The van der Waals surface area contributed by atoms with Crippen LogP contribution in [-0.2, 0) is 56.1 Å². The van der Waals surface area contributed by atoms with Gasteiger partial charge in [-0.1, -0.05) is 428 Å². The Morgan fingerprint density at radius 3 is 0.705 bits per heavy atom. The van der Waals surface area contributed by atoms with Gasteiger partial charge in [-0.25, -0.2) is 0 Å². The fourth-order valence-electron chi connectivity index (χ4n) is 15.9. The Morgan fingerprint density at radius 1 is 0.281 bits per heavy atom. The smallest absolute Gasteiger partial charge is 0 e. The first-order valence-electron chi connectivity index (χ1n) is 46.9. The van der Waals surface area contributed by atoms with Crippen LogP contribution in [0.3, 0.4) is 0 Å². The summed E-state index contributed by atoms with van der Waals surface area (Å²) in [5.74, 6) is 0. The molecule has 0 aliphatic carbocycles. The number of hydrogen-bond acceptors (Lipinski definition) is 8. The number of aromatic nitrogens is 3. The van der Waals surface area contributed by atoms with Crippen molar-refractivity contribution in [2.45, 2.75) is 107 Å². The van der Waals surface area contributed by atoms with E-state index < -0.39 is 64.9 Å². The van der Waals surface area contributed by atoms with Gasteiger partial charge in [0.15, 0.2) is 0 Å². The molecule has 0 aliphatic rings. The van der Waals surface area contributed by atoms with Crippen molar-refractivity contribution < 1.29 is 57.9 Å². The molecule has 16 heteroatoms. The van der Waals surface area contributed by atoms with Gasteiger partial charge in [-0.2, -0.15) is 0 Å². The number of benzene rings is 15. The molecule has 0 saturated heterocycles. The molecule has 15 aromatic carbocycles. The number of hydrogen-bond donors (Lipinski definition) is 2. The van der Waals surface area contributed by atoms with Crippen LogP contribution in [-0.4, -0.2) is 49.8 Å². The maximum atomic E-state index is 10.8. The molecule has 0 radical (unpaired) electrons. The summed E-state index contributed by atoms with van der Waals surface area (Å²) in [5.41, 5.74) is 10.4. The molecule has 3 heterocycles. The minimum atomic E-state index is -2.14. The molecular weight excluding hydrogens is 2080 g/mol. The SMILES string of the molecule is CCC[CH2][Sn]([CH2]CCC)([CH2]CCC)[c]1ccncc1.Cc1c(Br)cccc1CO.Cc1c(C=O)cccc1-c1ccncc1.Cc1c(CO)cccc1-c1ccncc1.[O]=[Mn]=[O].[Pd].c1ccc(P(c2ccccc2)c2ccccc2)cc1.c1ccc(P(c2ccccc2)c2ccccc2)cc1.c1ccc(P(c2ccccc2)c2ccccc2)cc1.c1ccc(P(c2ccccc2)c2ccccc2)cc1. The summed E-state index contributed by atoms with van der Waals surface area (Å²) in [6.45, 7) is 13.2. The zero-order valence-electron chi connectivity index (χ0n) is 79.9. The second-order valence-corrected chi connectivity index (χ2v) is 55.5. The van der Waals surface area contributed by atoms with Crippen LogP contribution < -0.4 is 67.2 Å². The predicted molar refractivity (Wildman–Crippen MR) is 596 cm³/mol. The molecule has 0 unspecified atom stereocenters. The minimum absolute atomic E-state index is 0. The Kier molecular flexibility index (Phi) is 52.4. The van der Waals surface area contributed by atoms with E-state index in [2.05, 4.69) is 434 Å². The molecular formula is C123H124BrMnN3O5P4PdSn. The summed E-state index contributed by atoms with van der Waals surface area (Å²) in [5, 5.41) is 34.8. The van der Waals surface area contributed by atoms with Crippen LogP contribution in [0.15, 0.2) is 497 Å². The van der Waals surface area contributed by atoms with Crippen LogP contribution >= 0.6 is 47.6 Å². The first-order chi connectivity index (χ1) is 67.9. The fourth-order valence-corrected chi connectivity index (χ4v) is 41.4. The number of carbonyl (C=O) groups is 1. The number of halogens is 1. The minimum Gasteiger partial charge on any atom is -0.0622 e. The molecule has 8 nitrogen and oxygen atoms in total. The van der Waals surface area contributed by atoms with Gasteiger partial charge in [0, 0.05) is 55.2 Å². The van der Waals surface area contributed by atoms with Crippen molar-refractivity contribution in [3.63, 3.8) is 0 Å². The Morgan fingerprint density at radius 2 is 0.489 bits per heavy atom. The summed E-state index contributed by atoms with van der Waals surface area (Å²) >= 11 is -0.198. The van der Waals surface area contributed by atoms with Gasteiger partial charge in [-0.05, 0) is 197 Å². The van der Waals surface area contributed by atoms with E-state index >= 15 is 0 Å². The number of pyridine rings is 3. The first-order valence-corrected chi connectivity index (χ1v) is 61.5. The van der Waals surface area contributed by atoms with E-state index in [1.165, 1.54) is 102 Å². The van der Waals surface area contributed by atoms with Gasteiger partial charge in [0.2, 0.25) is 0 Å². The van der Waals surface area contributed by atoms with Crippen LogP contribution in [0, 0.1) is 20.8 Å². The largest absolute Gasteiger partial charge is 0.0622 e. The van der Waals surface area contributed by atoms with Crippen LogP contribution in [0.5, 0.6) is 0 Å². The number of carbonyl (C=O) groups excluding carboxylic acids is 1. The molecule has 0 fully saturated rings. The van der Waals surface area contributed by atoms with Gasteiger partial charge in [0.1, 0.15) is 6.29 Å². The Hall–Kier alpha value is -10.9. The van der Waals surface area contributed by atoms with Crippen molar-refractivity contribution in [3.8, 4) is 22.3 Å². The summed E-state index contributed by atoms with van der Waals surface area (Å²) in [6, 6.07) is 159. The molecule has 0 atom stereocenters. The van der Waals surface area contributed by atoms with Crippen molar-refractivity contribution >= 4 is 140 Å².